The largest absolute Gasteiger partial charge is 0.397 e. The number of nitro benzene ring substituents is 1. The predicted molar refractivity (Wildman–Crippen MR) is 128 cm³/mol. The molecule has 10 heteroatoms. The molecule has 0 aliphatic heterocycles. The molecular weight excluding hydrogens is 440 g/mol. The third-order valence-corrected chi connectivity index (χ3v) is 6.00. The number of nitrogen functional groups attached to an aromatic ring is 1. The van der Waals surface area contributed by atoms with E-state index in [2.05, 4.69) is 15.6 Å². The second-order valence-corrected chi connectivity index (χ2v) is 8.43. The summed E-state index contributed by atoms with van der Waals surface area (Å²) in [4.78, 5) is 24.1. The number of carbonyl (C=O) groups excluding carboxylic acids is 1. The van der Waals surface area contributed by atoms with Crippen LogP contribution in [-0.4, -0.2) is 25.8 Å². The van der Waals surface area contributed by atoms with Gasteiger partial charge in [-0.1, -0.05) is 29.5 Å². The minimum Gasteiger partial charge on any atom is -0.397 e. The fraction of sp³-hybridized carbons (Fsp3) is 0.174. The molecule has 0 saturated heterocycles. The number of benzene rings is 2. The molecule has 0 bridgehead atoms. The summed E-state index contributed by atoms with van der Waals surface area (Å²) >= 11 is 1.62. The Morgan fingerprint density at radius 1 is 1.15 bits per heavy atom. The van der Waals surface area contributed by atoms with Crippen LogP contribution in [-0.2, 0) is 24.2 Å². The Bertz CT molecular complexity index is 1270. The lowest BCUT2D eigenvalue weighted by atomic mass is 10.1. The number of thiophene rings is 1. The summed E-state index contributed by atoms with van der Waals surface area (Å²) in [5, 5.41) is 24.0. The van der Waals surface area contributed by atoms with Crippen molar-refractivity contribution in [3.63, 3.8) is 0 Å². The van der Waals surface area contributed by atoms with Crippen molar-refractivity contribution in [2.45, 2.75) is 25.8 Å². The van der Waals surface area contributed by atoms with Crippen molar-refractivity contribution in [3.05, 3.63) is 87.5 Å². The molecular formula is C23H22N6O3S. The first-order valence-electron chi connectivity index (χ1n) is 10.3. The van der Waals surface area contributed by atoms with E-state index in [1.165, 1.54) is 6.07 Å². The summed E-state index contributed by atoms with van der Waals surface area (Å²) in [5.41, 5.74) is 9.75. The zero-order valence-electron chi connectivity index (χ0n) is 17.7. The third kappa shape index (κ3) is 5.80. The number of nitrogens with two attached hydrogens (primary N) is 1. The standard InChI is InChI=1S/C23H22N6O3S/c24-20-8-6-17(22-5-2-12-33-22)14-21(20)25-23(30)9-7-18-15-28(27-26-18)11-10-16-3-1-4-19(13-16)29(31)32/h1-6,8,12-15H,7,9-11,24H2,(H,25,30). The van der Waals surface area contributed by atoms with Crippen LogP contribution in [0.5, 0.6) is 0 Å². The number of anilines is 2. The average Bonchev–Trinajstić information content (AvgIpc) is 3.50. The Labute approximate surface area is 194 Å². The van der Waals surface area contributed by atoms with Gasteiger partial charge in [0, 0.05) is 42.6 Å². The molecule has 0 aliphatic carbocycles. The number of nitrogens with zero attached hydrogens (tertiary/aromatic N) is 4. The van der Waals surface area contributed by atoms with Crippen LogP contribution in [0.15, 0.2) is 66.2 Å². The van der Waals surface area contributed by atoms with E-state index in [-0.39, 0.29) is 18.0 Å². The van der Waals surface area contributed by atoms with E-state index in [1.54, 1.807) is 40.4 Å². The van der Waals surface area contributed by atoms with Crippen LogP contribution < -0.4 is 11.1 Å². The van der Waals surface area contributed by atoms with E-state index in [9.17, 15) is 14.9 Å². The second kappa shape index (κ2) is 10.0. The van der Waals surface area contributed by atoms with Gasteiger partial charge >= 0.3 is 0 Å². The molecule has 0 atom stereocenters. The number of aryl methyl sites for hydroxylation is 3. The molecule has 0 unspecified atom stereocenters. The number of nitrogens with one attached hydrogen (secondary N) is 1. The van der Waals surface area contributed by atoms with Gasteiger partial charge in [0.15, 0.2) is 0 Å². The van der Waals surface area contributed by atoms with E-state index in [4.69, 9.17) is 5.73 Å². The maximum Gasteiger partial charge on any atom is 0.269 e. The number of rotatable bonds is 9. The molecule has 0 radical (unpaired) electrons. The lowest BCUT2D eigenvalue weighted by Crippen LogP contribution is -2.13. The minimum absolute atomic E-state index is 0.0688. The summed E-state index contributed by atoms with van der Waals surface area (Å²) in [6.07, 6.45) is 3.06. The molecule has 1 amide bonds. The zero-order valence-corrected chi connectivity index (χ0v) is 18.5. The summed E-state index contributed by atoms with van der Waals surface area (Å²) in [6.45, 7) is 0.534. The van der Waals surface area contributed by atoms with Crippen LogP contribution in [0.1, 0.15) is 17.7 Å². The molecule has 0 spiro atoms. The average molecular weight is 463 g/mol. The zero-order chi connectivity index (χ0) is 23.2. The molecule has 4 aromatic rings. The van der Waals surface area contributed by atoms with Gasteiger partial charge in [-0.2, -0.15) is 0 Å². The van der Waals surface area contributed by atoms with Crippen molar-refractivity contribution in [2.24, 2.45) is 0 Å². The monoisotopic (exact) mass is 462 g/mol. The summed E-state index contributed by atoms with van der Waals surface area (Å²) < 4.78 is 1.68. The molecule has 0 aliphatic rings. The summed E-state index contributed by atoms with van der Waals surface area (Å²) in [7, 11) is 0. The first kappa shape index (κ1) is 22.2. The highest BCUT2D eigenvalue weighted by molar-refractivity contribution is 7.13. The van der Waals surface area contributed by atoms with Crippen LogP contribution in [0.25, 0.3) is 10.4 Å². The fourth-order valence-electron chi connectivity index (χ4n) is 3.35. The van der Waals surface area contributed by atoms with Crippen LogP contribution in [0.4, 0.5) is 17.1 Å². The Morgan fingerprint density at radius 3 is 2.82 bits per heavy atom. The van der Waals surface area contributed by atoms with E-state index in [1.807, 2.05) is 35.7 Å². The van der Waals surface area contributed by atoms with Crippen molar-refractivity contribution in [1.29, 1.82) is 0 Å². The molecule has 33 heavy (non-hydrogen) atoms. The van der Waals surface area contributed by atoms with Crippen LogP contribution in [0.2, 0.25) is 0 Å². The summed E-state index contributed by atoms with van der Waals surface area (Å²) in [6, 6.07) is 16.1. The second-order valence-electron chi connectivity index (χ2n) is 7.48. The van der Waals surface area contributed by atoms with Gasteiger partial charge < -0.3 is 11.1 Å². The van der Waals surface area contributed by atoms with E-state index < -0.39 is 4.92 Å². The topological polar surface area (TPSA) is 129 Å². The molecule has 168 valence electrons. The first-order chi connectivity index (χ1) is 16.0. The van der Waals surface area contributed by atoms with Gasteiger partial charge in [-0.3, -0.25) is 19.6 Å². The van der Waals surface area contributed by atoms with Crippen molar-refractivity contribution < 1.29 is 9.72 Å². The molecule has 2 heterocycles. The fourth-order valence-corrected chi connectivity index (χ4v) is 4.07. The maximum absolute atomic E-state index is 12.5. The van der Waals surface area contributed by atoms with Crippen LogP contribution >= 0.6 is 11.3 Å². The molecule has 2 aromatic carbocycles. The number of amides is 1. The third-order valence-electron chi connectivity index (χ3n) is 5.08. The molecule has 0 saturated carbocycles. The van der Waals surface area contributed by atoms with E-state index in [0.29, 0.717) is 36.5 Å². The number of hydrogen-bond donors (Lipinski definition) is 2. The van der Waals surface area contributed by atoms with Crippen molar-refractivity contribution in [3.8, 4) is 10.4 Å². The molecule has 9 nitrogen and oxygen atoms in total. The van der Waals surface area contributed by atoms with Crippen molar-refractivity contribution >= 4 is 34.3 Å². The van der Waals surface area contributed by atoms with Gasteiger partial charge in [0.25, 0.3) is 5.69 Å². The molecule has 2 aromatic heterocycles. The Kier molecular flexibility index (Phi) is 6.75. The molecule has 4 rings (SSSR count). The SMILES string of the molecule is Nc1ccc(-c2cccs2)cc1NC(=O)CCc1cn(CCc2cccc([N+](=O)[O-])c2)nn1. The number of nitro groups is 1. The van der Waals surface area contributed by atoms with Gasteiger partial charge in [-0.25, -0.2) is 0 Å². The van der Waals surface area contributed by atoms with Crippen molar-refractivity contribution in [1.82, 2.24) is 15.0 Å². The van der Waals surface area contributed by atoms with E-state index in [0.717, 1.165) is 16.0 Å². The molecule has 3 N–H and O–H groups in total. The summed E-state index contributed by atoms with van der Waals surface area (Å²) in [5.74, 6) is -0.156. The highest BCUT2D eigenvalue weighted by Gasteiger charge is 2.11. The van der Waals surface area contributed by atoms with Gasteiger partial charge in [-0.15, -0.1) is 16.4 Å². The normalized spacial score (nSPS) is 10.8. The van der Waals surface area contributed by atoms with Crippen LogP contribution in [0, 0.1) is 10.1 Å². The van der Waals surface area contributed by atoms with Crippen LogP contribution in [0.3, 0.4) is 0 Å². The number of aromatic nitrogens is 3. The lowest BCUT2D eigenvalue weighted by Gasteiger charge is -2.09. The lowest BCUT2D eigenvalue weighted by molar-refractivity contribution is -0.384. The maximum atomic E-state index is 12.5. The highest BCUT2D eigenvalue weighted by Crippen LogP contribution is 2.30. The Morgan fingerprint density at radius 2 is 2.03 bits per heavy atom. The first-order valence-corrected chi connectivity index (χ1v) is 11.2. The number of carbonyl (C=O) groups is 1. The van der Waals surface area contributed by atoms with Gasteiger partial charge in [-0.05, 0) is 41.1 Å². The predicted octanol–water partition coefficient (Wildman–Crippen LogP) is 4.31. The van der Waals surface area contributed by atoms with Crippen molar-refractivity contribution in [2.75, 3.05) is 11.1 Å². The Hall–Kier alpha value is -4.05. The smallest absolute Gasteiger partial charge is 0.269 e. The molecule has 0 fully saturated rings. The Balaban J connectivity index is 1.30. The minimum atomic E-state index is -0.409. The van der Waals surface area contributed by atoms with Gasteiger partial charge in [0.1, 0.15) is 0 Å². The quantitative estimate of drug-likeness (QED) is 0.217. The highest BCUT2D eigenvalue weighted by atomic mass is 32.1. The van der Waals surface area contributed by atoms with E-state index >= 15 is 0 Å². The number of non-ortho nitro benzene ring substituents is 1. The van der Waals surface area contributed by atoms with Gasteiger partial charge in [0.05, 0.1) is 22.0 Å². The number of hydrogen-bond acceptors (Lipinski definition) is 7. The van der Waals surface area contributed by atoms with Gasteiger partial charge in [0.2, 0.25) is 5.91 Å².